The first-order chi connectivity index (χ1) is 9.24. The summed E-state index contributed by atoms with van der Waals surface area (Å²) in [4.78, 5) is 1.33. The van der Waals surface area contributed by atoms with Crippen LogP contribution in [0, 0.1) is 0 Å². The van der Waals surface area contributed by atoms with Gasteiger partial charge in [0.2, 0.25) is 0 Å². The lowest BCUT2D eigenvalue weighted by Gasteiger charge is -2.12. The van der Waals surface area contributed by atoms with Crippen molar-refractivity contribution in [3.63, 3.8) is 0 Å². The summed E-state index contributed by atoms with van der Waals surface area (Å²) in [5.41, 5.74) is 1.11. The van der Waals surface area contributed by atoms with Crippen molar-refractivity contribution in [1.29, 1.82) is 0 Å². The van der Waals surface area contributed by atoms with Gasteiger partial charge >= 0.3 is 0 Å². The van der Waals surface area contributed by atoms with Gasteiger partial charge in [0.15, 0.2) is 0 Å². The highest BCUT2D eigenvalue weighted by Crippen LogP contribution is 2.22. The van der Waals surface area contributed by atoms with Gasteiger partial charge in [-0.3, -0.25) is 4.68 Å². The van der Waals surface area contributed by atoms with Crippen LogP contribution in [-0.4, -0.2) is 9.78 Å². The molecule has 19 heavy (non-hydrogen) atoms. The van der Waals surface area contributed by atoms with Crippen LogP contribution in [0.4, 0.5) is 0 Å². The van der Waals surface area contributed by atoms with E-state index in [1.165, 1.54) is 9.35 Å². The fourth-order valence-electron chi connectivity index (χ4n) is 2.09. The first-order valence-corrected chi connectivity index (χ1v) is 8.38. The molecule has 5 heteroatoms. The summed E-state index contributed by atoms with van der Waals surface area (Å²) < 4.78 is 3.28. The molecule has 0 aliphatic carbocycles. The summed E-state index contributed by atoms with van der Waals surface area (Å²) in [6.45, 7) is 6.12. The molecule has 3 nitrogen and oxygen atoms in total. The predicted octanol–water partition coefficient (Wildman–Crippen LogP) is 4.36. The highest BCUT2D eigenvalue weighted by atomic mass is 79.9. The number of halogens is 1. The number of aromatic nitrogens is 2. The SMILES string of the molecule is CCC(CC)n1ccc(CNCc2sccc2Br)n1. The molecule has 0 fully saturated rings. The minimum atomic E-state index is 0.528. The van der Waals surface area contributed by atoms with E-state index in [2.05, 4.69) is 68.6 Å². The molecule has 0 radical (unpaired) electrons. The van der Waals surface area contributed by atoms with Crippen LogP contribution < -0.4 is 5.32 Å². The summed E-state index contributed by atoms with van der Waals surface area (Å²) in [7, 11) is 0. The Bertz CT molecular complexity index is 502. The van der Waals surface area contributed by atoms with Crippen LogP contribution in [0.25, 0.3) is 0 Å². The first-order valence-electron chi connectivity index (χ1n) is 6.71. The predicted molar refractivity (Wildman–Crippen MR) is 84.4 cm³/mol. The zero-order chi connectivity index (χ0) is 13.7. The van der Waals surface area contributed by atoms with Gasteiger partial charge in [0, 0.05) is 28.6 Å². The molecule has 0 aliphatic rings. The van der Waals surface area contributed by atoms with Crippen molar-refractivity contribution >= 4 is 27.3 Å². The highest BCUT2D eigenvalue weighted by molar-refractivity contribution is 9.10. The summed E-state index contributed by atoms with van der Waals surface area (Å²) in [5.74, 6) is 0. The van der Waals surface area contributed by atoms with E-state index in [4.69, 9.17) is 0 Å². The monoisotopic (exact) mass is 341 g/mol. The Kier molecular flexibility index (Phi) is 5.60. The second-order valence-electron chi connectivity index (χ2n) is 4.55. The van der Waals surface area contributed by atoms with Gasteiger partial charge < -0.3 is 5.32 Å². The van der Waals surface area contributed by atoms with Gasteiger partial charge in [0.05, 0.1) is 11.7 Å². The van der Waals surface area contributed by atoms with E-state index in [0.717, 1.165) is 31.6 Å². The Balaban J connectivity index is 1.85. The summed E-state index contributed by atoms with van der Waals surface area (Å²) >= 11 is 5.31. The van der Waals surface area contributed by atoms with Crippen LogP contribution in [-0.2, 0) is 13.1 Å². The average molecular weight is 342 g/mol. The third kappa shape index (κ3) is 3.91. The Morgan fingerprint density at radius 1 is 1.32 bits per heavy atom. The minimum absolute atomic E-state index is 0.528. The molecule has 0 aromatic carbocycles. The van der Waals surface area contributed by atoms with E-state index in [9.17, 15) is 0 Å². The molecule has 0 spiro atoms. The fraction of sp³-hybridized carbons (Fsp3) is 0.500. The third-order valence-electron chi connectivity index (χ3n) is 3.26. The molecular weight excluding hydrogens is 322 g/mol. The molecule has 0 saturated heterocycles. The van der Waals surface area contributed by atoms with E-state index < -0.39 is 0 Å². The van der Waals surface area contributed by atoms with Crippen LogP contribution in [0.15, 0.2) is 28.2 Å². The van der Waals surface area contributed by atoms with Crippen molar-refractivity contribution in [3.8, 4) is 0 Å². The summed E-state index contributed by atoms with van der Waals surface area (Å²) in [6.07, 6.45) is 4.36. The van der Waals surface area contributed by atoms with Crippen molar-refractivity contribution in [2.24, 2.45) is 0 Å². The Hall–Kier alpha value is -0.650. The number of thiophene rings is 1. The first kappa shape index (κ1) is 14.8. The molecule has 104 valence electrons. The van der Waals surface area contributed by atoms with Crippen LogP contribution in [0.5, 0.6) is 0 Å². The summed E-state index contributed by atoms with van der Waals surface area (Å²) in [5, 5.41) is 10.2. The maximum atomic E-state index is 4.64. The lowest BCUT2D eigenvalue weighted by atomic mass is 10.2. The topological polar surface area (TPSA) is 29.9 Å². The van der Waals surface area contributed by atoms with Crippen molar-refractivity contribution in [3.05, 3.63) is 38.8 Å². The summed E-state index contributed by atoms with van der Waals surface area (Å²) in [6, 6.07) is 4.72. The van der Waals surface area contributed by atoms with Gasteiger partial charge in [0.25, 0.3) is 0 Å². The van der Waals surface area contributed by atoms with E-state index in [1.807, 2.05) is 0 Å². The van der Waals surface area contributed by atoms with Gasteiger partial charge in [0.1, 0.15) is 0 Å². The van der Waals surface area contributed by atoms with Crippen molar-refractivity contribution in [2.45, 2.75) is 45.8 Å². The number of hydrogen-bond acceptors (Lipinski definition) is 3. The second-order valence-corrected chi connectivity index (χ2v) is 6.41. The van der Waals surface area contributed by atoms with E-state index >= 15 is 0 Å². The molecule has 2 heterocycles. The number of hydrogen-bond donors (Lipinski definition) is 1. The third-order valence-corrected chi connectivity index (χ3v) is 5.19. The minimum Gasteiger partial charge on any atom is -0.306 e. The maximum absolute atomic E-state index is 4.64. The highest BCUT2D eigenvalue weighted by Gasteiger charge is 2.08. The molecule has 0 unspecified atom stereocenters. The van der Waals surface area contributed by atoms with Gasteiger partial charge in [-0.15, -0.1) is 11.3 Å². The Labute approximate surface area is 127 Å². The average Bonchev–Trinajstić information content (AvgIpc) is 3.02. The maximum Gasteiger partial charge on any atom is 0.0762 e. The van der Waals surface area contributed by atoms with Gasteiger partial charge in [-0.2, -0.15) is 5.10 Å². The lowest BCUT2D eigenvalue weighted by Crippen LogP contribution is -2.14. The standard InChI is InChI=1S/C14H20BrN3S/c1-3-12(4-2)18-7-5-11(17-18)9-16-10-14-13(15)6-8-19-14/h5-8,12,16H,3-4,9-10H2,1-2H3. The van der Waals surface area contributed by atoms with Crippen molar-refractivity contribution in [2.75, 3.05) is 0 Å². The molecule has 2 rings (SSSR count). The molecule has 0 saturated carbocycles. The molecule has 2 aromatic heterocycles. The molecule has 0 bridgehead atoms. The normalized spacial score (nSPS) is 11.4. The number of nitrogens with one attached hydrogen (secondary N) is 1. The molecule has 0 aliphatic heterocycles. The second kappa shape index (κ2) is 7.22. The van der Waals surface area contributed by atoms with E-state index in [1.54, 1.807) is 11.3 Å². The van der Waals surface area contributed by atoms with Crippen molar-refractivity contribution in [1.82, 2.24) is 15.1 Å². The number of rotatable bonds is 7. The molecule has 0 amide bonds. The van der Waals surface area contributed by atoms with Gasteiger partial charge in [-0.05, 0) is 46.3 Å². The zero-order valence-corrected chi connectivity index (χ0v) is 13.8. The lowest BCUT2D eigenvalue weighted by molar-refractivity contribution is 0.424. The fourth-order valence-corrected chi connectivity index (χ4v) is 3.56. The molecule has 1 N–H and O–H groups in total. The molecule has 2 aromatic rings. The van der Waals surface area contributed by atoms with Crippen molar-refractivity contribution < 1.29 is 0 Å². The van der Waals surface area contributed by atoms with Crippen LogP contribution in [0.2, 0.25) is 0 Å². The van der Waals surface area contributed by atoms with Gasteiger partial charge in [-0.25, -0.2) is 0 Å². The van der Waals surface area contributed by atoms with Crippen LogP contribution >= 0.6 is 27.3 Å². The molecule has 0 atom stereocenters. The van der Waals surface area contributed by atoms with Crippen LogP contribution in [0.3, 0.4) is 0 Å². The quantitative estimate of drug-likeness (QED) is 0.810. The van der Waals surface area contributed by atoms with E-state index in [0.29, 0.717) is 6.04 Å². The van der Waals surface area contributed by atoms with E-state index in [-0.39, 0.29) is 0 Å². The zero-order valence-electron chi connectivity index (χ0n) is 11.4. The largest absolute Gasteiger partial charge is 0.306 e. The Morgan fingerprint density at radius 2 is 2.11 bits per heavy atom. The smallest absolute Gasteiger partial charge is 0.0762 e. The molecular formula is C14H20BrN3S. The van der Waals surface area contributed by atoms with Crippen LogP contribution in [0.1, 0.15) is 43.3 Å². The Morgan fingerprint density at radius 3 is 2.74 bits per heavy atom. The number of nitrogens with zero attached hydrogens (tertiary/aromatic N) is 2. The van der Waals surface area contributed by atoms with Gasteiger partial charge in [-0.1, -0.05) is 13.8 Å².